The number of rotatable bonds is 8. The average molecular weight is 322 g/mol. The van der Waals surface area contributed by atoms with Gasteiger partial charge in [-0.2, -0.15) is 0 Å². The summed E-state index contributed by atoms with van der Waals surface area (Å²) in [4.78, 5) is 27.1. The molecule has 0 aromatic heterocycles. The van der Waals surface area contributed by atoms with Crippen molar-refractivity contribution >= 4 is 17.9 Å². The third-order valence-corrected chi connectivity index (χ3v) is 3.49. The van der Waals surface area contributed by atoms with Crippen molar-refractivity contribution in [2.45, 2.75) is 32.5 Å². The molecule has 0 aliphatic heterocycles. The summed E-state index contributed by atoms with van der Waals surface area (Å²) in [5.41, 5.74) is 2.17. The summed E-state index contributed by atoms with van der Waals surface area (Å²) in [5, 5.41) is 27.4. The minimum Gasteiger partial charge on any atom is -0.391 e. The first-order valence-electron chi connectivity index (χ1n) is 7.29. The molecule has 0 fully saturated rings. The highest BCUT2D eigenvalue weighted by atomic mass is 16.5. The first-order valence-corrected chi connectivity index (χ1v) is 7.29. The van der Waals surface area contributed by atoms with Crippen molar-refractivity contribution < 1.29 is 25.0 Å². The highest BCUT2D eigenvalue weighted by Gasteiger charge is 2.18. The minimum absolute atomic E-state index is 0.0387. The van der Waals surface area contributed by atoms with Crippen molar-refractivity contribution in [3.8, 4) is 0 Å². The molecule has 0 unspecified atom stereocenters. The van der Waals surface area contributed by atoms with Crippen LogP contribution in [0.25, 0.3) is 0 Å². The summed E-state index contributed by atoms with van der Waals surface area (Å²) in [6, 6.07) is 5.84. The minimum atomic E-state index is -0.831. The number of ketones is 1. The van der Waals surface area contributed by atoms with Crippen LogP contribution in [0.5, 0.6) is 0 Å². The van der Waals surface area contributed by atoms with Crippen LogP contribution in [0.4, 0.5) is 0 Å². The van der Waals surface area contributed by atoms with E-state index >= 15 is 0 Å². The van der Waals surface area contributed by atoms with Gasteiger partial charge >= 0.3 is 0 Å². The van der Waals surface area contributed by atoms with Gasteiger partial charge < -0.3 is 10.2 Å². The molecule has 4 N–H and O–H groups in total. The van der Waals surface area contributed by atoms with Crippen molar-refractivity contribution in [2.24, 2.45) is 10.9 Å². The lowest BCUT2D eigenvalue weighted by Crippen LogP contribution is -2.29. The summed E-state index contributed by atoms with van der Waals surface area (Å²) >= 11 is 0. The fraction of sp³-hybridized carbons (Fsp3) is 0.438. The maximum absolute atomic E-state index is 11.9. The molecule has 0 aliphatic carbocycles. The second kappa shape index (κ2) is 9.14. The molecular formula is C16H22N2O5. The third-order valence-electron chi connectivity index (χ3n) is 3.49. The third kappa shape index (κ3) is 5.90. The van der Waals surface area contributed by atoms with Gasteiger partial charge in [-0.25, -0.2) is 5.48 Å². The Labute approximate surface area is 134 Å². The summed E-state index contributed by atoms with van der Waals surface area (Å²) in [6.07, 6.45) is 0.369. The van der Waals surface area contributed by atoms with E-state index in [2.05, 4.69) is 4.99 Å². The number of aliphatic hydroxyl groups is 2. The number of aliphatic hydroxyl groups excluding tert-OH is 2. The molecule has 0 saturated carbocycles. The molecule has 23 heavy (non-hydrogen) atoms. The van der Waals surface area contributed by atoms with Crippen LogP contribution in [-0.4, -0.2) is 52.1 Å². The molecule has 7 nitrogen and oxygen atoms in total. The number of nitrogens with zero attached hydrogens (tertiary/aromatic N) is 1. The van der Waals surface area contributed by atoms with Gasteiger partial charge in [0.25, 0.3) is 5.91 Å². The topological polar surface area (TPSA) is 119 Å². The van der Waals surface area contributed by atoms with Crippen LogP contribution < -0.4 is 5.48 Å². The van der Waals surface area contributed by atoms with Gasteiger partial charge in [0, 0.05) is 11.1 Å². The lowest BCUT2D eigenvalue weighted by Gasteiger charge is -2.19. The number of aliphatic imine (C=N–C) groups is 1. The van der Waals surface area contributed by atoms with E-state index in [1.807, 2.05) is 0 Å². The first-order chi connectivity index (χ1) is 10.9. The molecule has 0 spiro atoms. The van der Waals surface area contributed by atoms with Crippen LogP contribution >= 0.6 is 0 Å². The largest absolute Gasteiger partial charge is 0.391 e. The molecule has 0 heterocycles. The number of carbonyl (C=O) groups is 2. The number of nitrogens with one attached hydrogen (secondary N) is 1. The van der Waals surface area contributed by atoms with Gasteiger partial charge in [0.05, 0.1) is 12.2 Å². The number of carbonyl (C=O) groups excluding carboxylic acids is 2. The van der Waals surface area contributed by atoms with Gasteiger partial charge in [-0.15, -0.1) is 0 Å². The van der Waals surface area contributed by atoms with Gasteiger partial charge in [0.2, 0.25) is 0 Å². The molecular weight excluding hydrogens is 300 g/mol. The molecule has 126 valence electrons. The van der Waals surface area contributed by atoms with E-state index in [0.717, 1.165) is 0 Å². The Morgan fingerprint density at radius 3 is 2.26 bits per heavy atom. The smallest absolute Gasteiger partial charge is 0.274 e. The average Bonchev–Trinajstić information content (AvgIpc) is 2.56. The molecule has 1 amide bonds. The molecule has 1 aromatic rings. The standard InChI is InChI=1S/C16H22N2O5/c1-10(15(21)11(2)19)7-8-17-9-14(20)12-3-5-13(6-4-12)16(22)18-23/h3-6,8,10-11,15,19,21,23H,7,9H2,1-2H3,(H,18,22)/t10-,11+,15-/m0/s1. The summed E-state index contributed by atoms with van der Waals surface area (Å²) < 4.78 is 0. The molecule has 1 aromatic carbocycles. The number of hydrogen-bond acceptors (Lipinski definition) is 6. The predicted octanol–water partition coefficient (Wildman–Crippen LogP) is 0.827. The van der Waals surface area contributed by atoms with Crippen molar-refractivity contribution in [3.63, 3.8) is 0 Å². The summed E-state index contributed by atoms with van der Waals surface area (Å²) in [5.74, 6) is -1.02. The summed E-state index contributed by atoms with van der Waals surface area (Å²) in [7, 11) is 0. The van der Waals surface area contributed by atoms with Crippen LogP contribution in [0.2, 0.25) is 0 Å². The van der Waals surface area contributed by atoms with Gasteiger partial charge in [-0.05, 0) is 37.6 Å². The second-order valence-electron chi connectivity index (χ2n) is 5.41. The molecule has 7 heteroatoms. The maximum atomic E-state index is 11.9. The van der Waals surface area contributed by atoms with E-state index in [9.17, 15) is 19.8 Å². The molecule has 0 aliphatic rings. The molecule has 3 atom stereocenters. The molecule has 0 bridgehead atoms. The number of benzene rings is 1. The normalized spacial score (nSPS) is 15.2. The van der Waals surface area contributed by atoms with Crippen molar-refractivity contribution in [1.29, 1.82) is 0 Å². The van der Waals surface area contributed by atoms with Crippen LogP contribution in [0, 0.1) is 5.92 Å². The monoisotopic (exact) mass is 322 g/mol. The Balaban J connectivity index is 2.50. The Morgan fingerprint density at radius 1 is 1.17 bits per heavy atom. The van der Waals surface area contributed by atoms with E-state index in [0.29, 0.717) is 12.0 Å². The first kappa shape index (κ1) is 19.0. The SMILES string of the molecule is C[C@@H](O)[C@@H](O)[C@@H](C)CC=NCC(=O)c1ccc(C(=O)NO)cc1. The summed E-state index contributed by atoms with van der Waals surface area (Å²) in [6.45, 7) is 3.27. The van der Waals surface area contributed by atoms with Crippen molar-refractivity contribution in [2.75, 3.05) is 6.54 Å². The predicted molar refractivity (Wildman–Crippen MR) is 84.9 cm³/mol. The zero-order valence-corrected chi connectivity index (χ0v) is 13.1. The van der Waals surface area contributed by atoms with Crippen LogP contribution in [-0.2, 0) is 0 Å². The van der Waals surface area contributed by atoms with Gasteiger partial charge in [0.1, 0.15) is 6.54 Å². The second-order valence-corrected chi connectivity index (χ2v) is 5.41. The van der Waals surface area contributed by atoms with Gasteiger partial charge in [-0.3, -0.25) is 19.8 Å². The lowest BCUT2D eigenvalue weighted by molar-refractivity contribution is -0.0000113. The Bertz CT molecular complexity index is 554. The van der Waals surface area contributed by atoms with Gasteiger partial charge in [-0.1, -0.05) is 19.1 Å². The molecule has 1 rings (SSSR count). The highest BCUT2D eigenvalue weighted by Crippen LogP contribution is 2.10. The van der Waals surface area contributed by atoms with Gasteiger partial charge in [0.15, 0.2) is 5.78 Å². The number of hydroxylamine groups is 1. The Kier molecular flexibility index (Phi) is 7.53. The fourth-order valence-corrected chi connectivity index (χ4v) is 1.97. The Hall–Kier alpha value is -2.09. The van der Waals surface area contributed by atoms with E-state index in [-0.39, 0.29) is 23.8 Å². The van der Waals surface area contributed by atoms with E-state index in [4.69, 9.17) is 5.21 Å². The lowest BCUT2D eigenvalue weighted by atomic mass is 9.98. The fourth-order valence-electron chi connectivity index (χ4n) is 1.97. The van der Waals surface area contributed by atoms with Crippen molar-refractivity contribution in [1.82, 2.24) is 5.48 Å². The van der Waals surface area contributed by atoms with Crippen LogP contribution in [0.1, 0.15) is 41.0 Å². The number of hydrogen-bond donors (Lipinski definition) is 4. The number of amides is 1. The van der Waals surface area contributed by atoms with Crippen molar-refractivity contribution in [3.05, 3.63) is 35.4 Å². The van der Waals surface area contributed by atoms with E-state index < -0.39 is 18.1 Å². The maximum Gasteiger partial charge on any atom is 0.274 e. The van der Waals surface area contributed by atoms with E-state index in [1.165, 1.54) is 36.7 Å². The van der Waals surface area contributed by atoms with E-state index in [1.54, 1.807) is 13.1 Å². The zero-order valence-electron chi connectivity index (χ0n) is 13.1. The van der Waals surface area contributed by atoms with Crippen LogP contribution in [0.15, 0.2) is 29.3 Å². The molecule has 0 saturated heterocycles. The number of Topliss-reactive ketones (excluding diaryl/α,β-unsaturated/α-hetero) is 1. The zero-order chi connectivity index (χ0) is 17.4. The Morgan fingerprint density at radius 2 is 1.74 bits per heavy atom. The highest BCUT2D eigenvalue weighted by molar-refractivity contribution is 6.00. The molecule has 0 radical (unpaired) electrons. The van der Waals surface area contributed by atoms with Crippen LogP contribution in [0.3, 0.4) is 0 Å². The quantitative estimate of drug-likeness (QED) is 0.245.